The number of methoxy groups -OCH3 is 1. The average molecular weight is 478 g/mol. The molecule has 0 spiro atoms. The molecule has 10 heteroatoms. The molecule has 1 saturated heterocycles. The van der Waals surface area contributed by atoms with Gasteiger partial charge in [0.05, 0.1) is 19.4 Å². The second kappa shape index (κ2) is 9.98. The van der Waals surface area contributed by atoms with Gasteiger partial charge in [-0.3, -0.25) is 14.4 Å². The van der Waals surface area contributed by atoms with Gasteiger partial charge in [-0.05, 0) is 61.4 Å². The van der Waals surface area contributed by atoms with Gasteiger partial charge >= 0.3 is 0 Å². The Morgan fingerprint density at radius 1 is 1.20 bits per heavy atom. The quantitative estimate of drug-likeness (QED) is 0.538. The number of rotatable bonds is 7. The van der Waals surface area contributed by atoms with Crippen molar-refractivity contribution in [3.63, 3.8) is 0 Å². The Morgan fingerprint density at radius 2 is 1.94 bits per heavy atom. The number of amides is 3. The molecule has 1 aliphatic rings. The van der Waals surface area contributed by atoms with Crippen LogP contribution in [0.25, 0.3) is 5.69 Å². The van der Waals surface area contributed by atoms with Crippen LogP contribution in [0.15, 0.2) is 42.5 Å². The maximum Gasteiger partial charge on any atom is 0.274 e. The summed E-state index contributed by atoms with van der Waals surface area (Å²) in [6.45, 7) is 4.70. The third kappa shape index (κ3) is 4.73. The molecule has 0 aliphatic carbocycles. The van der Waals surface area contributed by atoms with Crippen molar-refractivity contribution in [2.75, 3.05) is 37.1 Å². The maximum atomic E-state index is 13.5. The summed E-state index contributed by atoms with van der Waals surface area (Å²) in [5.41, 5.74) is 9.00. The number of hydrogen-bond acceptors (Lipinski definition) is 6. The van der Waals surface area contributed by atoms with Crippen molar-refractivity contribution in [1.82, 2.24) is 9.78 Å². The second-order valence-electron chi connectivity index (χ2n) is 8.06. The van der Waals surface area contributed by atoms with Crippen LogP contribution in [0, 0.1) is 6.92 Å². The molecule has 1 fully saturated rings. The van der Waals surface area contributed by atoms with Crippen LogP contribution in [0.1, 0.15) is 39.0 Å². The van der Waals surface area contributed by atoms with Crippen molar-refractivity contribution >= 4 is 29.1 Å². The monoisotopic (exact) mass is 477 g/mol. The van der Waals surface area contributed by atoms with Crippen molar-refractivity contribution in [1.29, 1.82) is 0 Å². The van der Waals surface area contributed by atoms with Crippen molar-refractivity contribution in [2.24, 2.45) is 5.73 Å². The van der Waals surface area contributed by atoms with Gasteiger partial charge in [0.1, 0.15) is 18.1 Å². The van der Waals surface area contributed by atoms with E-state index >= 15 is 0 Å². The second-order valence-corrected chi connectivity index (χ2v) is 8.06. The van der Waals surface area contributed by atoms with E-state index in [0.717, 1.165) is 11.3 Å². The smallest absolute Gasteiger partial charge is 0.274 e. The Labute approximate surface area is 202 Å². The third-order valence-electron chi connectivity index (χ3n) is 5.83. The lowest BCUT2D eigenvalue weighted by Gasteiger charge is -2.28. The molecule has 2 aromatic carbocycles. The molecule has 3 amide bonds. The topological polar surface area (TPSA) is 129 Å². The number of nitrogens with two attached hydrogens (primary N) is 1. The highest BCUT2D eigenvalue weighted by Gasteiger charge is 2.27. The minimum Gasteiger partial charge on any atom is -0.497 e. The largest absolute Gasteiger partial charge is 0.497 e. The maximum absolute atomic E-state index is 13.5. The summed E-state index contributed by atoms with van der Waals surface area (Å²) in [4.78, 5) is 39.4. The SMILES string of the molecule is CCc1c(C(N)=O)nn(-c2ccc(OC)cc2)c1C(=O)Nc1ccc(N2CCOCC2=O)c(C)c1. The van der Waals surface area contributed by atoms with Crippen LogP contribution in [0.3, 0.4) is 0 Å². The van der Waals surface area contributed by atoms with Crippen molar-refractivity contribution in [3.05, 3.63) is 65.0 Å². The van der Waals surface area contributed by atoms with Gasteiger partial charge in [0, 0.05) is 23.5 Å². The van der Waals surface area contributed by atoms with Crippen molar-refractivity contribution < 1.29 is 23.9 Å². The van der Waals surface area contributed by atoms with Gasteiger partial charge in [0.15, 0.2) is 5.69 Å². The first-order valence-electron chi connectivity index (χ1n) is 11.2. The molecule has 10 nitrogen and oxygen atoms in total. The van der Waals surface area contributed by atoms with E-state index in [-0.39, 0.29) is 23.9 Å². The fourth-order valence-electron chi connectivity index (χ4n) is 4.13. The molecule has 0 bridgehead atoms. The number of morpholine rings is 1. The number of primary amides is 1. The minimum atomic E-state index is -0.710. The van der Waals surface area contributed by atoms with Crippen LogP contribution in [0.4, 0.5) is 11.4 Å². The highest BCUT2D eigenvalue weighted by molar-refractivity contribution is 6.07. The van der Waals surface area contributed by atoms with Crippen LogP contribution in [0.5, 0.6) is 5.75 Å². The standard InChI is InChI=1S/C25H27N5O5/c1-4-19-22(24(26)32)28-30(17-6-8-18(34-3)9-7-17)23(19)25(33)27-16-5-10-20(15(2)13-16)29-11-12-35-14-21(29)31/h5-10,13H,4,11-12,14H2,1-3H3,(H2,26,32)(H,27,33). The Morgan fingerprint density at radius 3 is 2.54 bits per heavy atom. The van der Waals surface area contributed by atoms with Crippen LogP contribution in [0.2, 0.25) is 0 Å². The molecule has 35 heavy (non-hydrogen) atoms. The van der Waals surface area contributed by atoms with Crippen LogP contribution < -0.4 is 20.7 Å². The molecule has 0 unspecified atom stereocenters. The fraction of sp³-hybridized carbons (Fsp3) is 0.280. The minimum absolute atomic E-state index is 0.0471. The van der Waals surface area contributed by atoms with Gasteiger partial charge in [-0.25, -0.2) is 4.68 Å². The summed E-state index contributed by atoms with van der Waals surface area (Å²) < 4.78 is 11.8. The van der Waals surface area contributed by atoms with E-state index in [9.17, 15) is 14.4 Å². The highest BCUT2D eigenvalue weighted by atomic mass is 16.5. The molecule has 3 N–H and O–H groups in total. The van der Waals surface area contributed by atoms with E-state index in [1.807, 2.05) is 13.8 Å². The van der Waals surface area contributed by atoms with Gasteiger partial charge in [0.25, 0.3) is 17.7 Å². The highest BCUT2D eigenvalue weighted by Crippen LogP contribution is 2.27. The number of aryl methyl sites for hydroxylation is 1. The average Bonchev–Trinajstić information content (AvgIpc) is 3.25. The zero-order valence-corrected chi connectivity index (χ0v) is 19.8. The Kier molecular flexibility index (Phi) is 6.83. The Balaban J connectivity index is 1.68. The first-order chi connectivity index (χ1) is 16.8. The molecule has 3 aromatic rings. The number of nitrogens with one attached hydrogen (secondary N) is 1. The van der Waals surface area contributed by atoms with Crippen molar-refractivity contribution in [3.8, 4) is 11.4 Å². The number of anilines is 2. The molecule has 0 radical (unpaired) electrons. The number of hydrogen-bond donors (Lipinski definition) is 2. The zero-order valence-electron chi connectivity index (χ0n) is 19.8. The summed E-state index contributed by atoms with van der Waals surface area (Å²) in [6.07, 6.45) is 0.383. The predicted octanol–water partition coefficient (Wildman–Crippen LogP) is 2.47. The Hall–Kier alpha value is -4.18. The number of aromatic nitrogens is 2. The van der Waals surface area contributed by atoms with Gasteiger partial charge < -0.3 is 25.4 Å². The van der Waals surface area contributed by atoms with Gasteiger partial charge in [-0.1, -0.05) is 6.92 Å². The first-order valence-corrected chi connectivity index (χ1v) is 11.2. The fourth-order valence-corrected chi connectivity index (χ4v) is 4.13. The number of benzene rings is 2. The number of carbonyl (C=O) groups is 3. The predicted molar refractivity (Wildman–Crippen MR) is 130 cm³/mol. The van der Waals surface area contributed by atoms with E-state index in [4.69, 9.17) is 15.2 Å². The Bertz CT molecular complexity index is 1280. The third-order valence-corrected chi connectivity index (χ3v) is 5.83. The molecule has 4 rings (SSSR count). The molecule has 1 aliphatic heterocycles. The van der Waals surface area contributed by atoms with E-state index < -0.39 is 11.8 Å². The normalized spacial score (nSPS) is 13.6. The van der Waals surface area contributed by atoms with Crippen molar-refractivity contribution in [2.45, 2.75) is 20.3 Å². The summed E-state index contributed by atoms with van der Waals surface area (Å²) in [7, 11) is 1.56. The van der Waals surface area contributed by atoms with Gasteiger partial charge in [0.2, 0.25) is 0 Å². The lowest BCUT2D eigenvalue weighted by Crippen LogP contribution is -2.42. The summed E-state index contributed by atoms with van der Waals surface area (Å²) >= 11 is 0. The molecule has 0 saturated carbocycles. The van der Waals surface area contributed by atoms with E-state index in [0.29, 0.717) is 42.3 Å². The lowest BCUT2D eigenvalue weighted by atomic mass is 10.1. The van der Waals surface area contributed by atoms with E-state index in [1.165, 1.54) is 4.68 Å². The van der Waals surface area contributed by atoms with Crippen LogP contribution in [-0.2, 0) is 16.0 Å². The van der Waals surface area contributed by atoms with Gasteiger partial charge in [-0.15, -0.1) is 0 Å². The van der Waals surface area contributed by atoms with E-state index in [2.05, 4.69) is 10.4 Å². The number of ether oxygens (including phenoxy) is 2. The lowest BCUT2D eigenvalue weighted by molar-refractivity contribution is -0.125. The summed E-state index contributed by atoms with van der Waals surface area (Å²) in [5, 5.41) is 7.25. The molecular formula is C25H27N5O5. The zero-order chi connectivity index (χ0) is 25.1. The van der Waals surface area contributed by atoms with Crippen LogP contribution in [-0.4, -0.2) is 54.4 Å². The van der Waals surface area contributed by atoms with E-state index in [1.54, 1.807) is 54.5 Å². The number of nitrogens with zero attached hydrogens (tertiary/aromatic N) is 3. The van der Waals surface area contributed by atoms with Gasteiger partial charge in [-0.2, -0.15) is 5.10 Å². The molecule has 0 atom stereocenters. The molecular weight excluding hydrogens is 450 g/mol. The first kappa shape index (κ1) is 24.0. The summed E-state index contributed by atoms with van der Waals surface area (Å²) in [6, 6.07) is 12.3. The number of carbonyl (C=O) groups excluding carboxylic acids is 3. The van der Waals surface area contributed by atoms with Crippen LogP contribution >= 0.6 is 0 Å². The molecule has 2 heterocycles. The molecule has 1 aromatic heterocycles. The molecule has 182 valence electrons. The summed E-state index contributed by atoms with van der Waals surface area (Å²) in [5.74, 6) is -0.607.